The zero-order valence-electron chi connectivity index (χ0n) is 15.8. The molecule has 0 fully saturated rings. The fraction of sp³-hybridized carbons (Fsp3) is 0.833. The second-order valence-electron chi connectivity index (χ2n) is 5.33. The summed E-state index contributed by atoms with van der Waals surface area (Å²) >= 11 is 0. The van der Waals surface area contributed by atoms with Crippen LogP contribution in [0.15, 0.2) is 12.2 Å². The zero-order chi connectivity index (χ0) is 18.6. The summed E-state index contributed by atoms with van der Waals surface area (Å²) < 4.78 is 31.6. The highest BCUT2D eigenvalue weighted by Gasteiger charge is 2.01. The van der Waals surface area contributed by atoms with E-state index in [1.54, 1.807) is 6.92 Å². The number of hydrogen-bond acceptors (Lipinski definition) is 7. The predicted octanol–water partition coefficient (Wildman–Crippen LogP) is 1.99. The van der Waals surface area contributed by atoms with Gasteiger partial charge in [-0.2, -0.15) is 0 Å². The van der Waals surface area contributed by atoms with Crippen LogP contribution < -0.4 is 0 Å². The molecule has 0 aliphatic rings. The summed E-state index contributed by atoms with van der Waals surface area (Å²) in [6.07, 6.45) is 2.24. The number of carbonyl (C=O) groups excluding carboxylic acids is 1. The lowest BCUT2D eigenvalue weighted by Crippen LogP contribution is -2.15. The van der Waals surface area contributed by atoms with Crippen molar-refractivity contribution in [3.05, 3.63) is 12.2 Å². The maximum Gasteiger partial charge on any atom is 0.333 e. The van der Waals surface area contributed by atoms with Crippen LogP contribution in [-0.4, -0.2) is 78.6 Å². The van der Waals surface area contributed by atoms with E-state index in [0.29, 0.717) is 65.0 Å². The first kappa shape index (κ1) is 24.0. The minimum Gasteiger partial charge on any atom is -0.460 e. The fourth-order valence-corrected chi connectivity index (χ4v) is 1.54. The van der Waals surface area contributed by atoms with E-state index in [1.165, 1.54) is 0 Å². The molecule has 7 nitrogen and oxygen atoms in total. The maximum atomic E-state index is 11.1. The highest BCUT2D eigenvalue weighted by Crippen LogP contribution is 1.92. The molecule has 0 atom stereocenters. The Kier molecular flexibility index (Phi) is 18.6. The first-order valence-electron chi connectivity index (χ1n) is 8.89. The SMILES string of the molecule is C=C(C)C(=O)OCCOCCOCCOCCOCCOCCCC. The number of esters is 1. The number of ether oxygens (including phenoxy) is 6. The fourth-order valence-electron chi connectivity index (χ4n) is 1.54. The van der Waals surface area contributed by atoms with Gasteiger partial charge in [-0.05, 0) is 13.3 Å². The van der Waals surface area contributed by atoms with Crippen LogP contribution in [0.5, 0.6) is 0 Å². The Morgan fingerprint density at radius 2 is 1.04 bits per heavy atom. The lowest BCUT2D eigenvalue weighted by atomic mass is 10.4. The largest absolute Gasteiger partial charge is 0.460 e. The molecule has 0 heterocycles. The molecular formula is C18H34O7. The molecule has 0 aromatic rings. The lowest BCUT2D eigenvalue weighted by molar-refractivity contribution is -0.140. The van der Waals surface area contributed by atoms with Gasteiger partial charge in [-0.15, -0.1) is 0 Å². The van der Waals surface area contributed by atoms with E-state index in [4.69, 9.17) is 28.4 Å². The third kappa shape index (κ3) is 19.2. The number of carbonyl (C=O) groups is 1. The van der Waals surface area contributed by atoms with Crippen molar-refractivity contribution in [3.8, 4) is 0 Å². The standard InChI is InChI=1S/C18H34O7/c1-4-5-6-20-7-8-21-9-10-22-11-12-23-13-14-24-15-16-25-18(19)17(2)3/h2,4-16H2,1,3H3. The van der Waals surface area contributed by atoms with Crippen LogP contribution in [-0.2, 0) is 33.2 Å². The molecule has 0 saturated carbocycles. The zero-order valence-corrected chi connectivity index (χ0v) is 15.8. The Balaban J connectivity index is 3.05. The third-order valence-electron chi connectivity index (χ3n) is 2.94. The van der Waals surface area contributed by atoms with Crippen molar-refractivity contribution in [3.63, 3.8) is 0 Å². The molecule has 7 heteroatoms. The summed E-state index contributed by atoms with van der Waals surface area (Å²) in [7, 11) is 0. The normalized spacial score (nSPS) is 10.8. The van der Waals surface area contributed by atoms with Crippen LogP contribution in [0, 0.1) is 0 Å². The molecule has 0 unspecified atom stereocenters. The van der Waals surface area contributed by atoms with Gasteiger partial charge in [0, 0.05) is 12.2 Å². The monoisotopic (exact) mass is 362 g/mol. The number of rotatable bonds is 19. The molecule has 0 amide bonds. The molecule has 0 saturated heterocycles. The Bertz CT molecular complexity index is 321. The first-order valence-corrected chi connectivity index (χ1v) is 8.89. The summed E-state index contributed by atoms with van der Waals surface area (Å²) in [5.41, 5.74) is 0.383. The molecule has 0 rings (SSSR count). The van der Waals surface area contributed by atoms with Gasteiger partial charge in [-0.25, -0.2) is 4.79 Å². The summed E-state index contributed by atoms with van der Waals surface area (Å²) in [6.45, 7) is 12.9. The Morgan fingerprint density at radius 3 is 1.40 bits per heavy atom. The number of unbranched alkanes of at least 4 members (excludes halogenated alkanes) is 1. The van der Waals surface area contributed by atoms with Crippen LogP contribution >= 0.6 is 0 Å². The van der Waals surface area contributed by atoms with E-state index in [9.17, 15) is 4.79 Å². The lowest BCUT2D eigenvalue weighted by Gasteiger charge is -2.08. The minimum absolute atomic E-state index is 0.221. The van der Waals surface area contributed by atoms with E-state index in [-0.39, 0.29) is 6.61 Å². The second kappa shape index (κ2) is 19.3. The first-order chi connectivity index (χ1) is 12.2. The van der Waals surface area contributed by atoms with Crippen molar-refractivity contribution >= 4 is 5.97 Å². The average Bonchev–Trinajstić information content (AvgIpc) is 2.60. The van der Waals surface area contributed by atoms with E-state index >= 15 is 0 Å². The topological polar surface area (TPSA) is 72.5 Å². The van der Waals surface area contributed by atoms with Crippen LogP contribution in [0.3, 0.4) is 0 Å². The molecule has 0 aliphatic heterocycles. The van der Waals surface area contributed by atoms with E-state index in [0.717, 1.165) is 19.4 Å². The summed E-state index contributed by atoms with van der Waals surface area (Å²) in [5, 5.41) is 0. The smallest absolute Gasteiger partial charge is 0.333 e. The minimum atomic E-state index is -0.398. The highest BCUT2D eigenvalue weighted by atomic mass is 16.6. The molecule has 0 aliphatic carbocycles. The van der Waals surface area contributed by atoms with Gasteiger partial charge in [0.2, 0.25) is 0 Å². The molecular weight excluding hydrogens is 328 g/mol. The van der Waals surface area contributed by atoms with Crippen LogP contribution in [0.4, 0.5) is 0 Å². The van der Waals surface area contributed by atoms with Crippen molar-refractivity contribution in [2.75, 3.05) is 72.7 Å². The van der Waals surface area contributed by atoms with Gasteiger partial charge in [-0.3, -0.25) is 0 Å². The van der Waals surface area contributed by atoms with Gasteiger partial charge in [0.1, 0.15) is 6.61 Å². The quantitative estimate of drug-likeness (QED) is 0.198. The Labute approximate surface area is 151 Å². The molecule has 25 heavy (non-hydrogen) atoms. The van der Waals surface area contributed by atoms with E-state index < -0.39 is 5.97 Å². The van der Waals surface area contributed by atoms with Gasteiger partial charge in [0.25, 0.3) is 0 Å². The third-order valence-corrected chi connectivity index (χ3v) is 2.94. The van der Waals surface area contributed by atoms with Crippen molar-refractivity contribution < 1.29 is 33.2 Å². The van der Waals surface area contributed by atoms with Crippen LogP contribution in [0.2, 0.25) is 0 Å². The molecule has 0 bridgehead atoms. The van der Waals surface area contributed by atoms with E-state index in [1.807, 2.05) is 0 Å². The highest BCUT2D eigenvalue weighted by molar-refractivity contribution is 5.86. The van der Waals surface area contributed by atoms with Gasteiger partial charge in [-0.1, -0.05) is 19.9 Å². The summed E-state index contributed by atoms with van der Waals surface area (Å²) in [6, 6.07) is 0. The molecule has 0 N–H and O–H groups in total. The summed E-state index contributed by atoms with van der Waals surface area (Å²) in [5.74, 6) is -0.398. The second-order valence-corrected chi connectivity index (χ2v) is 5.33. The molecule has 0 aromatic heterocycles. The molecule has 0 spiro atoms. The van der Waals surface area contributed by atoms with Crippen molar-refractivity contribution in [2.24, 2.45) is 0 Å². The van der Waals surface area contributed by atoms with Gasteiger partial charge in [0.15, 0.2) is 0 Å². The molecule has 148 valence electrons. The number of hydrogen-bond donors (Lipinski definition) is 0. The Hall–Kier alpha value is -0.990. The molecule has 0 radical (unpaired) electrons. The van der Waals surface area contributed by atoms with Gasteiger partial charge < -0.3 is 28.4 Å². The van der Waals surface area contributed by atoms with Gasteiger partial charge in [0.05, 0.1) is 59.5 Å². The van der Waals surface area contributed by atoms with Crippen LogP contribution in [0.1, 0.15) is 26.7 Å². The van der Waals surface area contributed by atoms with Crippen molar-refractivity contribution in [2.45, 2.75) is 26.7 Å². The average molecular weight is 362 g/mol. The van der Waals surface area contributed by atoms with Crippen LogP contribution in [0.25, 0.3) is 0 Å². The van der Waals surface area contributed by atoms with Crippen molar-refractivity contribution in [1.29, 1.82) is 0 Å². The van der Waals surface area contributed by atoms with E-state index in [2.05, 4.69) is 13.5 Å². The predicted molar refractivity (Wildman–Crippen MR) is 94.8 cm³/mol. The molecule has 0 aromatic carbocycles. The van der Waals surface area contributed by atoms with Gasteiger partial charge >= 0.3 is 5.97 Å². The summed E-state index contributed by atoms with van der Waals surface area (Å²) in [4.78, 5) is 11.1. The van der Waals surface area contributed by atoms with Crippen molar-refractivity contribution in [1.82, 2.24) is 0 Å². The Morgan fingerprint density at radius 1 is 0.680 bits per heavy atom. The maximum absolute atomic E-state index is 11.1.